The molecule has 2 heterocycles. The second-order valence-corrected chi connectivity index (χ2v) is 9.07. The molecule has 2 aromatic heterocycles. The largest absolute Gasteiger partial charge is 0.280 e. The van der Waals surface area contributed by atoms with Gasteiger partial charge in [0, 0.05) is 18.3 Å². The Balaban J connectivity index is 1.61. The summed E-state index contributed by atoms with van der Waals surface area (Å²) in [5, 5.41) is 4.91. The monoisotopic (exact) mass is 398 g/mol. The van der Waals surface area contributed by atoms with E-state index < -0.39 is 10.0 Å². The molecule has 6 nitrogen and oxygen atoms in total. The van der Waals surface area contributed by atoms with Crippen LogP contribution in [0.2, 0.25) is 0 Å². The number of fused-ring (bicyclic) bond motifs is 1. The molecule has 0 unspecified atom stereocenters. The minimum absolute atomic E-state index is 0.176. The Labute approximate surface area is 161 Å². The van der Waals surface area contributed by atoms with Gasteiger partial charge in [0.15, 0.2) is 0 Å². The number of hydrogen-bond acceptors (Lipinski definition) is 5. The van der Waals surface area contributed by atoms with E-state index in [4.69, 9.17) is 0 Å². The van der Waals surface area contributed by atoms with Crippen LogP contribution in [0.15, 0.2) is 53.6 Å². The van der Waals surface area contributed by atoms with Crippen LogP contribution in [0.1, 0.15) is 11.3 Å². The first-order valence-electron chi connectivity index (χ1n) is 8.32. The number of anilines is 1. The first kappa shape index (κ1) is 17.7. The minimum Gasteiger partial charge on any atom is -0.280 e. The van der Waals surface area contributed by atoms with Crippen molar-refractivity contribution in [3.8, 4) is 10.6 Å². The van der Waals surface area contributed by atoms with Gasteiger partial charge in [-0.05, 0) is 55.8 Å². The number of rotatable bonds is 4. The lowest BCUT2D eigenvalue weighted by Gasteiger charge is -2.08. The molecular weight excluding hydrogens is 380 g/mol. The summed E-state index contributed by atoms with van der Waals surface area (Å²) in [6.45, 7) is 3.78. The van der Waals surface area contributed by atoms with Crippen LogP contribution in [-0.2, 0) is 17.1 Å². The first-order valence-corrected chi connectivity index (χ1v) is 10.6. The molecule has 2 aromatic carbocycles. The predicted octanol–water partition coefficient (Wildman–Crippen LogP) is 4.11. The van der Waals surface area contributed by atoms with Gasteiger partial charge in [-0.25, -0.2) is 13.4 Å². The Bertz CT molecular complexity index is 1240. The Kier molecular flexibility index (Phi) is 4.24. The predicted molar refractivity (Wildman–Crippen MR) is 109 cm³/mol. The zero-order chi connectivity index (χ0) is 19.2. The third-order valence-corrected chi connectivity index (χ3v) is 6.96. The molecule has 4 aromatic rings. The molecular formula is C19H18N4O2S2. The van der Waals surface area contributed by atoms with E-state index >= 15 is 0 Å². The molecule has 4 rings (SSSR count). The molecule has 0 fully saturated rings. The fourth-order valence-corrected chi connectivity index (χ4v) is 5.12. The van der Waals surface area contributed by atoms with Gasteiger partial charge in [0.1, 0.15) is 9.90 Å². The molecule has 8 heteroatoms. The van der Waals surface area contributed by atoms with E-state index in [9.17, 15) is 8.42 Å². The molecule has 0 aliphatic rings. The van der Waals surface area contributed by atoms with E-state index in [1.165, 1.54) is 16.4 Å². The number of sulfonamides is 1. The topological polar surface area (TPSA) is 76.9 Å². The summed E-state index contributed by atoms with van der Waals surface area (Å²) in [5.41, 5.74) is 4.21. The number of nitrogens with zero attached hydrogens (tertiary/aromatic N) is 3. The van der Waals surface area contributed by atoms with Crippen molar-refractivity contribution in [2.24, 2.45) is 7.05 Å². The van der Waals surface area contributed by atoms with E-state index in [0.29, 0.717) is 11.4 Å². The van der Waals surface area contributed by atoms with Gasteiger partial charge in [-0.2, -0.15) is 5.10 Å². The molecule has 0 aliphatic carbocycles. The Morgan fingerprint density at radius 3 is 2.48 bits per heavy atom. The van der Waals surface area contributed by atoms with Gasteiger partial charge >= 0.3 is 0 Å². The van der Waals surface area contributed by atoms with Crippen molar-refractivity contribution in [1.82, 2.24) is 14.8 Å². The van der Waals surface area contributed by atoms with Crippen LogP contribution in [0.3, 0.4) is 0 Å². The number of benzene rings is 2. The van der Waals surface area contributed by atoms with Gasteiger partial charge < -0.3 is 0 Å². The number of nitrogens with one attached hydrogen (secondary N) is 1. The molecule has 138 valence electrons. The molecule has 0 aliphatic heterocycles. The smallest absolute Gasteiger partial charge is 0.265 e. The fraction of sp³-hybridized carbons (Fsp3) is 0.158. The van der Waals surface area contributed by atoms with Gasteiger partial charge in [0.05, 0.1) is 22.1 Å². The quantitative estimate of drug-likeness (QED) is 0.561. The number of thiazole rings is 1. The van der Waals surface area contributed by atoms with Gasteiger partial charge in [0.25, 0.3) is 10.0 Å². The van der Waals surface area contributed by atoms with Crippen molar-refractivity contribution in [3.05, 3.63) is 59.9 Å². The summed E-state index contributed by atoms with van der Waals surface area (Å²) in [6, 6.07) is 13.4. The number of aryl methyl sites for hydroxylation is 2. The van der Waals surface area contributed by atoms with Crippen molar-refractivity contribution < 1.29 is 8.42 Å². The highest BCUT2D eigenvalue weighted by Gasteiger charge is 2.20. The average Bonchev–Trinajstić information content (AvgIpc) is 3.19. The summed E-state index contributed by atoms with van der Waals surface area (Å²) in [7, 11) is -1.96. The molecule has 0 radical (unpaired) electrons. The van der Waals surface area contributed by atoms with Crippen molar-refractivity contribution in [2.45, 2.75) is 18.7 Å². The zero-order valence-electron chi connectivity index (χ0n) is 15.1. The van der Waals surface area contributed by atoms with E-state index in [-0.39, 0.29) is 4.90 Å². The third-order valence-electron chi connectivity index (χ3n) is 4.41. The molecule has 0 saturated heterocycles. The summed E-state index contributed by atoms with van der Waals surface area (Å²) in [5.74, 6) is 0. The summed E-state index contributed by atoms with van der Waals surface area (Å²) >= 11 is 1.62. The number of hydrogen-bond donors (Lipinski definition) is 1. The lowest BCUT2D eigenvalue weighted by atomic mass is 10.2. The highest BCUT2D eigenvalue weighted by molar-refractivity contribution is 7.92. The van der Waals surface area contributed by atoms with Crippen LogP contribution < -0.4 is 4.72 Å². The highest BCUT2D eigenvalue weighted by atomic mass is 32.2. The van der Waals surface area contributed by atoms with Gasteiger partial charge in [0.2, 0.25) is 0 Å². The lowest BCUT2D eigenvalue weighted by molar-refractivity contribution is 0.600. The highest BCUT2D eigenvalue weighted by Crippen LogP contribution is 2.31. The van der Waals surface area contributed by atoms with Crippen LogP contribution in [-0.4, -0.2) is 23.2 Å². The van der Waals surface area contributed by atoms with Gasteiger partial charge in [-0.15, -0.1) is 11.3 Å². The molecule has 0 bridgehead atoms. The molecule has 0 atom stereocenters. The Morgan fingerprint density at radius 1 is 1.07 bits per heavy atom. The van der Waals surface area contributed by atoms with Crippen molar-refractivity contribution in [2.75, 3.05) is 4.72 Å². The van der Waals surface area contributed by atoms with Crippen LogP contribution in [0.5, 0.6) is 0 Å². The molecule has 1 N–H and O–H groups in total. The van der Waals surface area contributed by atoms with Gasteiger partial charge in [-0.1, -0.05) is 6.07 Å². The van der Waals surface area contributed by atoms with Crippen LogP contribution in [0.4, 0.5) is 5.69 Å². The van der Waals surface area contributed by atoms with Crippen LogP contribution in [0, 0.1) is 13.8 Å². The Morgan fingerprint density at radius 2 is 1.81 bits per heavy atom. The lowest BCUT2D eigenvalue weighted by Crippen LogP contribution is -2.13. The molecule has 0 spiro atoms. The maximum atomic E-state index is 12.6. The summed E-state index contributed by atoms with van der Waals surface area (Å²) < 4.78 is 30.4. The van der Waals surface area contributed by atoms with Gasteiger partial charge in [-0.3, -0.25) is 9.40 Å². The maximum absolute atomic E-state index is 12.6. The number of aromatic nitrogens is 3. The Hall–Kier alpha value is -2.71. The maximum Gasteiger partial charge on any atom is 0.265 e. The van der Waals surface area contributed by atoms with Crippen LogP contribution in [0.25, 0.3) is 20.8 Å². The standard InChI is InChI=1S/C19H18N4O2S2/c1-12-4-9-16-17(10-12)26-19(21-16)14-5-7-15(8-6-14)22-27(24,25)18-11-20-23(3)13(18)2/h4-11,22H,1-3H3. The average molecular weight is 399 g/mol. The van der Waals surface area contributed by atoms with E-state index in [1.54, 1.807) is 37.4 Å². The zero-order valence-corrected chi connectivity index (χ0v) is 16.7. The summed E-state index contributed by atoms with van der Waals surface area (Å²) in [4.78, 5) is 4.84. The van der Waals surface area contributed by atoms with Crippen LogP contribution >= 0.6 is 11.3 Å². The molecule has 27 heavy (non-hydrogen) atoms. The van der Waals surface area contributed by atoms with E-state index in [2.05, 4.69) is 27.8 Å². The fourth-order valence-electron chi connectivity index (χ4n) is 2.79. The first-order chi connectivity index (χ1) is 12.8. The second-order valence-electron chi connectivity index (χ2n) is 6.39. The van der Waals surface area contributed by atoms with E-state index in [0.717, 1.165) is 20.8 Å². The van der Waals surface area contributed by atoms with E-state index in [1.807, 2.05) is 24.3 Å². The second kappa shape index (κ2) is 6.47. The van der Waals surface area contributed by atoms with Crippen molar-refractivity contribution in [1.29, 1.82) is 0 Å². The van der Waals surface area contributed by atoms with Crippen molar-refractivity contribution >= 4 is 37.3 Å². The molecule has 0 saturated carbocycles. The minimum atomic E-state index is -3.67. The molecule has 0 amide bonds. The normalized spacial score (nSPS) is 11.8. The van der Waals surface area contributed by atoms with Crippen molar-refractivity contribution in [3.63, 3.8) is 0 Å². The summed E-state index contributed by atoms with van der Waals surface area (Å²) in [6.07, 6.45) is 1.36. The SMILES string of the molecule is Cc1ccc2nc(-c3ccc(NS(=O)(=O)c4cnn(C)c4C)cc3)sc2c1. The third kappa shape index (κ3) is 3.33.